The molecule has 0 radical (unpaired) electrons. The molecule has 0 saturated heterocycles. The second kappa shape index (κ2) is 5.75. The molecule has 1 aromatic heterocycles. The van der Waals surface area contributed by atoms with Crippen molar-refractivity contribution in [3.05, 3.63) is 48.0 Å². The molecule has 1 fully saturated rings. The molecule has 0 amide bonds. The third-order valence-corrected chi connectivity index (χ3v) is 3.78. The summed E-state index contributed by atoms with van der Waals surface area (Å²) in [5, 5.41) is 12.7. The number of anilines is 1. The van der Waals surface area contributed by atoms with Gasteiger partial charge in [-0.05, 0) is 25.0 Å². The van der Waals surface area contributed by atoms with Crippen molar-refractivity contribution in [3.63, 3.8) is 0 Å². The predicted molar refractivity (Wildman–Crippen MR) is 80.3 cm³/mol. The molecule has 20 heavy (non-hydrogen) atoms. The van der Waals surface area contributed by atoms with Crippen LogP contribution >= 0.6 is 0 Å². The summed E-state index contributed by atoms with van der Waals surface area (Å²) in [4.78, 5) is 4.64. The van der Waals surface area contributed by atoms with E-state index in [1.807, 2.05) is 42.5 Å². The average Bonchev–Trinajstić information content (AvgIpc) is 3.01. The topological polar surface area (TPSA) is 48.7 Å². The third kappa shape index (κ3) is 2.65. The number of nitrogens with zero attached hydrogens (tertiary/aromatic N) is 2. The van der Waals surface area contributed by atoms with Gasteiger partial charge in [0, 0.05) is 11.6 Å². The summed E-state index contributed by atoms with van der Waals surface area (Å²) in [5.41, 5.74) is 2.60. The molecule has 2 aromatic rings. The maximum absolute atomic E-state index is 9.22. The minimum atomic E-state index is 0.459. The van der Waals surface area contributed by atoms with Crippen LogP contribution in [0.25, 0.3) is 11.3 Å². The van der Waals surface area contributed by atoms with E-state index in [9.17, 15) is 5.26 Å². The zero-order valence-corrected chi connectivity index (χ0v) is 11.3. The molecule has 1 heterocycles. The van der Waals surface area contributed by atoms with Crippen LogP contribution in [-0.2, 0) is 0 Å². The van der Waals surface area contributed by atoms with Gasteiger partial charge in [-0.1, -0.05) is 43.2 Å². The smallest absolute Gasteiger partial charge is 0.144 e. The molecule has 100 valence electrons. The highest BCUT2D eigenvalue weighted by atomic mass is 15.0. The van der Waals surface area contributed by atoms with Crippen molar-refractivity contribution in [2.24, 2.45) is 0 Å². The van der Waals surface area contributed by atoms with Gasteiger partial charge in [0.05, 0.1) is 11.3 Å². The summed E-state index contributed by atoms with van der Waals surface area (Å²) in [6, 6.07) is 16.5. The van der Waals surface area contributed by atoms with E-state index in [4.69, 9.17) is 0 Å². The van der Waals surface area contributed by atoms with E-state index in [1.54, 1.807) is 0 Å². The number of benzene rings is 1. The van der Waals surface area contributed by atoms with Crippen LogP contribution in [0.3, 0.4) is 0 Å². The second-order valence-electron chi connectivity index (χ2n) is 5.20. The lowest BCUT2D eigenvalue weighted by Crippen LogP contribution is -2.16. The molecule has 0 aliphatic heterocycles. The number of nitrogens with one attached hydrogen (secondary N) is 1. The van der Waals surface area contributed by atoms with Crippen LogP contribution in [0.15, 0.2) is 42.5 Å². The number of hydrogen-bond acceptors (Lipinski definition) is 3. The van der Waals surface area contributed by atoms with E-state index in [2.05, 4.69) is 16.4 Å². The third-order valence-electron chi connectivity index (χ3n) is 3.78. The van der Waals surface area contributed by atoms with Crippen molar-refractivity contribution in [3.8, 4) is 17.3 Å². The minimum Gasteiger partial charge on any atom is -0.366 e. The number of pyridine rings is 1. The highest BCUT2D eigenvalue weighted by Crippen LogP contribution is 2.25. The standard InChI is InChI=1S/C17H17N3/c18-12-14-10-11-16(13-6-2-1-3-7-13)20-17(14)19-15-8-4-5-9-15/h1-3,6-7,10-11,15H,4-5,8-9H2,(H,19,20). The highest BCUT2D eigenvalue weighted by molar-refractivity contribution is 5.64. The van der Waals surface area contributed by atoms with Gasteiger partial charge >= 0.3 is 0 Å². The monoisotopic (exact) mass is 263 g/mol. The summed E-state index contributed by atoms with van der Waals surface area (Å²) in [7, 11) is 0. The van der Waals surface area contributed by atoms with Crippen molar-refractivity contribution in [2.45, 2.75) is 31.7 Å². The van der Waals surface area contributed by atoms with E-state index in [1.165, 1.54) is 25.7 Å². The first-order valence-electron chi connectivity index (χ1n) is 7.10. The number of hydrogen-bond donors (Lipinski definition) is 1. The number of nitriles is 1. The molecular weight excluding hydrogens is 246 g/mol. The van der Waals surface area contributed by atoms with Crippen molar-refractivity contribution in [1.29, 1.82) is 5.26 Å². The van der Waals surface area contributed by atoms with Gasteiger partial charge in [-0.15, -0.1) is 0 Å². The van der Waals surface area contributed by atoms with Crippen LogP contribution in [0.1, 0.15) is 31.2 Å². The first kappa shape index (κ1) is 12.7. The van der Waals surface area contributed by atoms with Gasteiger partial charge in [-0.2, -0.15) is 5.26 Å². The molecule has 3 nitrogen and oxygen atoms in total. The maximum Gasteiger partial charge on any atom is 0.144 e. The maximum atomic E-state index is 9.22. The second-order valence-corrected chi connectivity index (χ2v) is 5.20. The largest absolute Gasteiger partial charge is 0.366 e. The summed E-state index contributed by atoms with van der Waals surface area (Å²) >= 11 is 0. The van der Waals surface area contributed by atoms with E-state index in [0.29, 0.717) is 11.6 Å². The van der Waals surface area contributed by atoms with Crippen LogP contribution in [0.5, 0.6) is 0 Å². The van der Waals surface area contributed by atoms with Crippen molar-refractivity contribution < 1.29 is 0 Å². The van der Waals surface area contributed by atoms with Gasteiger partial charge in [0.2, 0.25) is 0 Å². The fourth-order valence-corrected chi connectivity index (χ4v) is 2.69. The molecule has 0 unspecified atom stereocenters. The molecule has 3 heteroatoms. The first-order valence-corrected chi connectivity index (χ1v) is 7.10. The van der Waals surface area contributed by atoms with E-state index in [0.717, 1.165) is 17.1 Å². The summed E-state index contributed by atoms with van der Waals surface area (Å²) in [5.74, 6) is 0.723. The highest BCUT2D eigenvalue weighted by Gasteiger charge is 2.17. The zero-order chi connectivity index (χ0) is 13.8. The Morgan fingerprint density at radius 2 is 1.80 bits per heavy atom. The van der Waals surface area contributed by atoms with Crippen molar-refractivity contribution >= 4 is 5.82 Å². The predicted octanol–water partition coefficient (Wildman–Crippen LogP) is 3.97. The van der Waals surface area contributed by atoms with Gasteiger partial charge in [-0.3, -0.25) is 0 Å². The lowest BCUT2D eigenvalue weighted by molar-refractivity contribution is 0.750. The Labute approximate surface area is 119 Å². The lowest BCUT2D eigenvalue weighted by Gasteiger charge is -2.14. The van der Waals surface area contributed by atoms with Crippen molar-refractivity contribution in [2.75, 3.05) is 5.32 Å². The Hall–Kier alpha value is -2.34. The average molecular weight is 263 g/mol. The molecule has 0 spiro atoms. The Kier molecular flexibility index (Phi) is 3.64. The molecule has 1 aliphatic carbocycles. The Morgan fingerprint density at radius 3 is 2.50 bits per heavy atom. The van der Waals surface area contributed by atoms with Gasteiger partial charge in [0.25, 0.3) is 0 Å². The minimum absolute atomic E-state index is 0.459. The van der Waals surface area contributed by atoms with Crippen LogP contribution in [0.4, 0.5) is 5.82 Å². The molecule has 1 aromatic carbocycles. The van der Waals surface area contributed by atoms with Crippen molar-refractivity contribution in [1.82, 2.24) is 4.98 Å². The van der Waals surface area contributed by atoms with Crippen LogP contribution in [0, 0.1) is 11.3 Å². The fourth-order valence-electron chi connectivity index (χ4n) is 2.69. The first-order chi connectivity index (χ1) is 9.86. The van der Waals surface area contributed by atoms with E-state index < -0.39 is 0 Å². The normalized spacial score (nSPS) is 14.9. The fraction of sp³-hybridized carbons (Fsp3) is 0.294. The van der Waals surface area contributed by atoms with Gasteiger partial charge in [0.15, 0.2) is 0 Å². The van der Waals surface area contributed by atoms with Gasteiger partial charge in [-0.25, -0.2) is 4.98 Å². The van der Waals surface area contributed by atoms with Gasteiger partial charge < -0.3 is 5.32 Å². The Bertz CT molecular complexity index is 622. The summed E-state index contributed by atoms with van der Waals surface area (Å²) in [6.07, 6.45) is 4.86. The molecule has 0 atom stereocenters. The molecule has 3 rings (SSSR count). The Balaban J connectivity index is 1.92. The molecule has 1 saturated carbocycles. The molecule has 1 aliphatic rings. The van der Waals surface area contributed by atoms with E-state index in [-0.39, 0.29) is 0 Å². The SMILES string of the molecule is N#Cc1ccc(-c2ccccc2)nc1NC1CCCC1. The zero-order valence-electron chi connectivity index (χ0n) is 11.3. The van der Waals surface area contributed by atoms with Crippen LogP contribution in [0.2, 0.25) is 0 Å². The number of rotatable bonds is 3. The van der Waals surface area contributed by atoms with Gasteiger partial charge in [0.1, 0.15) is 11.9 Å². The number of aromatic nitrogens is 1. The van der Waals surface area contributed by atoms with Crippen LogP contribution in [-0.4, -0.2) is 11.0 Å². The summed E-state index contributed by atoms with van der Waals surface area (Å²) < 4.78 is 0. The lowest BCUT2D eigenvalue weighted by atomic mass is 10.1. The quantitative estimate of drug-likeness (QED) is 0.911. The summed E-state index contributed by atoms with van der Waals surface area (Å²) in [6.45, 7) is 0. The molecule has 1 N–H and O–H groups in total. The van der Waals surface area contributed by atoms with Crippen LogP contribution < -0.4 is 5.32 Å². The molecular formula is C17H17N3. The van der Waals surface area contributed by atoms with E-state index >= 15 is 0 Å². The Morgan fingerprint density at radius 1 is 1.05 bits per heavy atom. The molecule has 0 bridgehead atoms.